The first-order chi connectivity index (χ1) is 15.1. The number of hydrogen-bond acceptors (Lipinski definition) is 3. The number of hydrogen-bond donors (Lipinski definition) is 0. The summed E-state index contributed by atoms with van der Waals surface area (Å²) in [5.41, 5.74) is 1.82. The van der Waals surface area contributed by atoms with Gasteiger partial charge in [0.05, 0.1) is 11.3 Å². The van der Waals surface area contributed by atoms with Crippen molar-refractivity contribution in [3.63, 3.8) is 0 Å². The van der Waals surface area contributed by atoms with Crippen LogP contribution in [0.4, 0.5) is 5.69 Å². The molecule has 0 bridgehead atoms. The molecule has 0 aliphatic carbocycles. The lowest BCUT2D eigenvalue weighted by atomic mass is 9.93. The van der Waals surface area contributed by atoms with E-state index in [0.717, 1.165) is 93.3 Å². The third-order valence-corrected chi connectivity index (χ3v) is 6.92. The Kier molecular flexibility index (Phi) is 6.79. The Morgan fingerprint density at radius 1 is 1.00 bits per heavy atom. The minimum Gasteiger partial charge on any atom is -0.371 e. The summed E-state index contributed by atoms with van der Waals surface area (Å²) in [6.45, 7) is 6.40. The monoisotopic (exact) mass is 421 g/mol. The van der Waals surface area contributed by atoms with Crippen LogP contribution < -0.4 is 4.90 Å². The standard InChI is InChI=1S/C26H35N3O2/c1-3-4-15-27(2)26(31)24-22-10-6-5-9-20(22)11-12-23(24)28-18-13-21(14-19-28)25(30)29-16-7-8-17-29/h5-6,9-12,21H,3-4,7-8,13-19H2,1-2H3. The molecule has 2 saturated heterocycles. The van der Waals surface area contributed by atoms with Gasteiger partial charge in [-0.3, -0.25) is 9.59 Å². The second-order valence-electron chi connectivity index (χ2n) is 9.05. The van der Waals surface area contributed by atoms with Gasteiger partial charge in [-0.2, -0.15) is 0 Å². The van der Waals surface area contributed by atoms with Gasteiger partial charge in [-0.05, 0) is 48.9 Å². The highest BCUT2D eigenvalue weighted by molar-refractivity contribution is 6.11. The van der Waals surface area contributed by atoms with Crippen LogP contribution in [-0.4, -0.2) is 61.4 Å². The number of anilines is 1. The minimum absolute atomic E-state index is 0.0931. The quantitative estimate of drug-likeness (QED) is 0.687. The molecule has 2 aliphatic rings. The lowest BCUT2D eigenvalue weighted by Gasteiger charge is -2.36. The molecule has 0 N–H and O–H groups in total. The van der Waals surface area contributed by atoms with E-state index >= 15 is 0 Å². The van der Waals surface area contributed by atoms with Gasteiger partial charge in [0.15, 0.2) is 0 Å². The van der Waals surface area contributed by atoms with Crippen LogP contribution in [0.2, 0.25) is 0 Å². The van der Waals surface area contributed by atoms with Crippen LogP contribution in [0.25, 0.3) is 10.8 Å². The zero-order valence-electron chi connectivity index (χ0n) is 19.0. The summed E-state index contributed by atoms with van der Waals surface area (Å²) in [5, 5.41) is 2.11. The summed E-state index contributed by atoms with van der Waals surface area (Å²) in [6, 6.07) is 12.4. The third-order valence-electron chi connectivity index (χ3n) is 6.92. The van der Waals surface area contributed by atoms with E-state index in [9.17, 15) is 9.59 Å². The summed E-state index contributed by atoms with van der Waals surface area (Å²) in [6.07, 6.45) is 6.07. The average Bonchev–Trinajstić information content (AvgIpc) is 3.36. The molecule has 5 nitrogen and oxygen atoms in total. The van der Waals surface area contributed by atoms with Gasteiger partial charge in [0, 0.05) is 45.7 Å². The van der Waals surface area contributed by atoms with Crippen LogP contribution in [0.15, 0.2) is 36.4 Å². The Morgan fingerprint density at radius 2 is 1.71 bits per heavy atom. The van der Waals surface area contributed by atoms with Gasteiger partial charge < -0.3 is 14.7 Å². The Morgan fingerprint density at radius 3 is 2.42 bits per heavy atom. The maximum Gasteiger partial charge on any atom is 0.256 e. The molecule has 5 heteroatoms. The van der Waals surface area contributed by atoms with Crippen molar-refractivity contribution in [2.75, 3.05) is 44.7 Å². The molecule has 166 valence electrons. The molecule has 0 aromatic heterocycles. The molecule has 4 rings (SSSR count). The number of rotatable bonds is 6. The molecule has 2 fully saturated rings. The smallest absolute Gasteiger partial charge is 0.256 e. The number of piperidine rings is 1. The van der Waals surface area contributed by atoms with E-state index in [-0.39, 0.29) is 11.8 Å². The molecule has 2 aromatic rings. The molecule has 2 aromatic carbocycles. The maximum absolute atomic E-state index is 13.5. The van der Waals surface area contributed by atoms with Gasteiger partial charge in [0.2, 0.25) is 5.91 Å². The van der Waals surface area contributed by atoms with Crippen LogP contribution in [0, 0.1) is 5.92 Å². The maximum atomic E-state index is 13.5. The lowest BCUT2D eigenvalue weighted by molar-refractivity contribution is -0.135. The van der Waals surface area contributed by atoms with E-state index < -0.39 is 0 Å². The summed E-state index contributed by atoms with van der Waals surface area (Å²) in [4.78, 5) is 32.6. The second kappa shape index (κ2) is 9.71. The zero-order valence-corrected chi connectivity index (χ0v) is 19.0. The lowest BCUT2D eigenvalue weighted by Crippen LogP contribution is -2.42. The molecule has 0 spiro atoms. The number of likely N-dealkylation sites (tertiary alicyclic amines) is 1. The fraction of sp³-hybridized carbons (Fsp3) is 0.538. The van der Waals surface area contributed by atoms with Crippen LogP contribution in [-0.2, 0) is 4.79 Å². The van der Waals surface area contributed by atoms with Gasteiger partial charge in [0.1, 0.15) is 0 Å². The van der Waals surface area contributed by atoms with Crippen molar-refractivity contribution in [1.29, 1.82) is 0 Å². The van der Waals surface area contributed by atoms with Gasteiger partial charge in [-0.1, -0.05) is 43.7 Å². The number of carbonyl (C=O) groups is 2. The second-order valence-corrected chi connectivity index (χ2v) is 9.05. The van der Waals surface area contributed by atoms with Gasteiger partial charge in [-0.15, -0.1) is 0 Å². The SMILES string of the molecule is CCCCN(C)C(=O)c1c(N2CCC(C(=O)N3CCCC3)CC2)ccc2ccccc12. The molecular weight excluding hydrogens is 386 g/mol. The number of unbranched alkanes of at least 4 members (excludes halogenated alkanes) is 1. The summed E-state index contributed by atoms with van der Waals surface area (Å²) < 4.78 is 0. The van der Waals surface area contributed by atoms with Crippen LogP contribution in [0.3, 0.4) is 0 Å². The van der Waals surface area contributed by atoms with Crippen LogP contribution >= 0.6 is 0 Å². The molecule has 0 atom stereocenters. The Bertz CT molecular complexity index is 927. The van der Waals surface area contributed by atoms with Gasteiger partial charge in [-0.25, -0.2) is 0 Å². The molecule has 2 aliphatic heterocycles. The first-order valence-electron chi connectivity index (χ1n) is 11.9. The van der Waals surface area contributed by atoms with E-state index in [1.165, 1.54) is 0 Å². The predicted molar refractivity (Wildman–Crippen MR) is 127 cm³/mol. The molecule has 2 heterocycles. The van der Waals surface area contributed by atoms with Crippen molar-refractivity contribution in [3.8, 4) is 0 Å². The van der Waals surface area contributed by atoms with Gasteiger partial charge in [0.25, 0.3) is 5.91 Å². The van der Waals surface area contributed by atoms with Crippen molar-refractivity contribution < 1.29 is 9.59 Å². The van der Waals surface area contributed by atoms with Crippen molar-refractivity contribution in [3.05, 3.63) is 42.0 Å². The van der Waals surface area contributed by atoms with E-state index in [0.29, 0.717) is 5.91 Å². The average molecular weight is 422 g/mol. The number of benzene rings is 2. The Labute approximate surface area is 186 Å². The van der Waals surface area contributed by atoms with Crippen LogP contribution in [0.5, 0.6) is 0 Å². The molecule has 2 amide bonds. The highest BCUT2D eigenvalue weighted by Gasteiger charge is 2.31. The highest BCUT2D eigenvalue weighted by Crippen LogP contribution is 2.33. The van der Waals surface area contributed by atoms with Crippen molar-refractivity contribution in [2.45, 2.75) is 45.4 Å². The van der Waals surface area contributed by atoms with Crippen LogP contribution in [0.1, 0.15) is 55.8 Å². The molecule has 0 radical (unpaired) electrons. The number of carbonyl (C=O) groups excluding carboxylic acids is 2. The molecule has 0 unspecified atom stereocenters. The fourth-order valence-corrected chi connectivity index (χ4v) is 5.00. The Hall–Kier alpha value is -2.56. The number of nitrogens with zero attached hydrogens (tertiary/aromatic N) is 3. The summed E-state index contributed by atoms with van der Waals surface area (Å²) in [5.74, 6) is 0.558. The molecule has 31 heavy (non-hydrogen) atoms. The largest absolute Gasteiger partial charge is 0.371 e. The van der Waals surface area contributed by atoms with E-state index in [1.807, 2.05) is 29.0 Å². The zero-order chi connectivity index (χ0) is 21.8. The van der Waals surface area contributed by atoms with Crippen molar-refractivity contribution >= 4 is 28.3 Å². The first-order valence-corrected chi connectivity index (χ1v) is 11.9. The van der Waals surface area contributed by atoms with Gasteiger partial charge >= 0.3 is 0 Å². The van der Waals surface area contributed by atoms with Crippen molar-refractivity contribution in [2.24, 2.45) is 5.92 Å². The third kappa shape index (κ3) is 4.56. The normalized spacial score (nSPS) is 17.4. The van der Waals surface area contributed by atoms with E-state index in [4.69, 9.17) is 0 Å². The number of amides is 2. The van der Waals surface area contributed by atoms with E-state index in [1.54, 1.807) is 0 Å². The summed E-state index contributed by atoms with van der Waals surface area (Å²) >= 11 is 0. The summed E-state index contributed by atoms with van der Waals surface area (Å²) in [7, 11) is 1.91. The fourth-order valence-electron chi connectivity index (χ4n) is 5.00. The first kappa shape index (κ1) is 21.7. The van der Waals surface area contributed by atoms with E-state index in [2.05, 4.69) is 36.1 Å². The highest BCUT2D eigenvalue weighted by atomic mass is 16.2. The predicted octanol–water partition coefficient (Wildman–Crippen LogP) is 4.55. The Balaban J connectivity index is 1.57. The molecular formula is C26H35N3O2. The van der Waals surface area contributed by atoms with Crippen molar-refractivity contribution in [1.82, 2.24) is 9.80 Å². The molecule has 0 saturated carbocycles. The topological polar surface area (TPSA) is 43.9 Å². The number of fused-ring (bicyclic) bond motifs is 1. The minimum atomic E-state index is 0.0931.